The maximum Gasteiger partial charge on any atom is 0.407 e. The molecule has 0 saturated carbocycles. The highest BCUT2D eigenvalue weighted by atomic mass is 16.6. The van der Waals surface area contributed by atoms with Crippen LogP contribution in [0.2, 0.25) is 0 Å². The molecule has 5 N–H and O–H groups in total. The summed E-state index contributed by atoms with van der Waals surface area (Å²) in [5, 5.41) is 8.91. The minimum atomic E-state index is -0.585. The zero-order valence-corrected chi connectivity index (χ0v) is 17.9. The van der Waals surface area contributed by atoms with Gasteiger partial charge >= 0.3 is 6.09 Å². The van der Waals surface area contributed by atoms with Crippen LogP contribution in [0.15, 0.2) is 30.6 Å². The first-order valence-electron chi connectivity index (χ1n) is 10.1. The molecule has 164 valence electrons. The standard InChI is InChI=1S/C22H27N5O4/c1-22(2,3)31-21(30)27-11-10-26-16-5-4-15(25-9-7-23)18-17(16)19(28)13-6-8-24-12-14(13)20(18)29/h4-6,8,12,25-26H,7,9-11,23H2,1-3H3,(H,27,30). The van der Waals surface area contributed by atoms with E-state index >= 15 is 0 Å². The Morgan fingerprint density at radius 2 is 1.58 bits per heavy atom. The first-order chi connectivity index (χ1) is 14.7. The number of hydrogen-bond acceptors (Lipinski definition) is 8. The summed E-state index contributed by atoms with van der Waals surface area (Å²) < 4.78 is 5.20. The third kappa shape index (κ3) is 5.00. The Morgan fingerprint density at radius 1 is 0.968 bits per heavy atom. The summed E-state index contributed by atoms with van der Waals surface area (Å²) in [5.74, 6) is -0.529. The van der Waals surface area contributed by atoms with Gasteiger partial charge in [0.15, 0.2) is 11.6 Å². The zero-order chi connectivity index (χ0) is 22.6. The molecule has 1 aliphatic rings. The number of nitrogens with two attached hydrogens (primary N) is 1. The Labute approximate surface area is 180 Å². The number of nitrogens with one attached hydrogen (secondary N) is 3. The van der Waals surface area contributed by atoms with E-state index < -0.39 is 11.7 Å². The molecule has 0 saturated heterocycles. The van der Waals surface area contributed by atoms with Crippen molar-refractivity contribution in [3.63, 3.8) is 0 Å². The van der Waals surface area contributed by atoms with Crippen LogP contribution in [0.25, 0.3) is 0 Å². The average Bonchev–Trinajstić information content (AvgIpc) is 2.72. The molecule has 1 aromatic carbocycles. The fourth-order valence-electron chi connectivity index (χ4n) is 3.29. The molecular formula is C22H27N5O4. The summed E-state index contributed by atoms with van der Waals surface area (Å²) in [6, 6.07) is 5.03. The van der Waals surface area contributed by atoms with Gasteiger partial charge in [-0.05, 0) is 39.0 Å². The second-order valence-corrected chi connectivity index (χ2v) is 8.06. The van der Waals surface area contributed by atoms with E-state index in [0.717, 1.165) is 0 Å². The molecule has 1 amide bonds. The summed E-state index contributed by atoms with van der Waals surface area (Å²) in [6.45, 7) is 6.81. The zero-order valence-electron chi connectivity index (χ0n) is 17.9. The van der Waals surface area contributed by atoms with Gasteiger partial charge in [0.1, 0.15) is 5.60 Å². The van der Waals surface area contributed by atoms with Crippen molar-refractivity contribution in [3.05, 3.63) is 52.8 Å². The van der Waals surface area contributed by atoms with E-state index in [-0.39, 0.29) is 23.7 Å². The molecule has 0 unspecified atom stereocenters. The van der Waals surface area contributed by atoms with Crippen LogP contribution in [0.4, 0.5) is 16.2 Å². The number of hydrogen-bond donors (Lipinski definition) is 4. The Hall–Kier alpha value is -3.46. The fraction of sp³-hybridized carbons (Fsp3) is 0.364. The second kappa shape index (κ2) is 9.13. The number of amides is 1. The van der Waals surface area contributed by atoms with Gasteiger partial charge in [0.05, 0.1) is 16.7 Å². The summed E-state index contributed by atoms with van der Waals surface area (Å²) in [7, 11) is 0. The van der Waals surface area contributed by atoms with Crippen LogP contribution in [0, 0.1) is 0 Å². The van der Waals surface area contributed by atoms with Crippen LogP contribution in [0.3, 0.4) is 0 Å². The van der Waals surface area contributed by atoms with Crippen molar-refractivity contribution in [3.8, 4) is 0 Å². The number of anilines is 2. The number of nitrogens with zero attached hydrogens (tertiary/aromatic N) is 1. The molecule has 0 atom stereocenters. The summed E-state index contributed by atoms with van der Waals surface area (Å²) >= 11 is 0. The van der Waals surface area contributed by atoms with E-state index in [1.54, 1.807) is 39.0 Å². The molecule has 2 aromatic rings. The Kier molecular flexibility index (Phi) is 6.55. The summed E-state index contributed by atoms with van der Waals surface area (Å²) in [4.78, 5) is 42.2. The van der Waals surface area contributed by atoms with Crippen molar-refractivity contribution >= 4 is 29.0 Å². The largest absolute Gasteiger partial charge is 0.444 e. The topological polar surface area (TPSA) is 135 Å². The van der Waals surface area contributed by atoms with Gasteiger partial charge in [-0.1, -0.05) is 0 Å². The number of ketones is 2. The number of pyridine rings is 1. The minimum absolute atomic E-state index is 0.258. The van der Waals surface area contributed by atoms with Crippen molar-refractivity contribution in [2.45, 2.75) is 26.4 Å². The highest BCUT2D eigenvalue weighted by Crippen LogP contribution is 2.36. The normalized spacial score (nSPS) is 12.6. The van der Waals surface area contributed by atoms with Crippen molar-refractivity contribution in [2.24, 2.45) is 5.73 Å². The maximum atomic E-state index is 13.2. The van der Waals surface area contributed by atoms with Crippen molar-refractivity contribution in [1.82, 2.24) is 10.3 Å². The lowest BCUT2D eigenvalue weighted by molar-refractivity contribution is 0.0529. The lowest BCUT2D eigenvalue weighted by Gasteiger charge is -2.24. The van der Waals surface area contributed by atoms with E-state index in [1.165, 1.54) is 12.4 Å². The summed E-state index contributed by atoms with van der Waals surface area (Å²) in [5.41, 5.74) is 7.24. The highest BCUT2D eigenvalue weighted by molar-refractivity contribution is 6.31. The maximum absolute atomic E-state index is 13.2. The molecule has 1 heterocycles. The molecule has 0 radical (unpaired) electrons. The highest BCUT2D eigenvalue weighted by Gasteiger charge is 2.34. The monoisotopic (exact) mass is 425 g/mol. The molecule has 0 fully saturated rings. The van der Waals surface area contributed by atoms with E-state index in [4.69, 9.17) is 10.5 Å². The molecule has 9 heteroatoms. The van der Waals surface area contributed by atoms with Gasteiger partial charge in [-0.2, -0.15) is 0 Å². The molecule has 1 aliphatic carbocycles. The number of carbonyl (C=O) groups excluding carboxylic acids is 3. The van der Waals surface area contributed by atoms with Crippen LogP contribution in [-0.4, -0.2) is 54.4 Å². The van der Waals surface area contributed by atoms with Gasteiger partial charge in [0.25, 0.3) is 0 Å². The molecule has 1 aromatic heterocycles. The number of rotatable bonds is 7. The van der Waals surface area contributed by atoms with Crippen LogP contribution < -0.4 is 21.7 Å². The number of alkyl carbamates (subject to hydrolysis) is 1. The number of benzene rings is 1. The van der Waals surface area contributed by atoms with Crippen LogP contribution in [-0.2, 0) is 4.74 Å². The van der Waals surface area contributed by atoms with Gasteiger partial charge in [0.2, 0.25) is 0 Å². The number of fused-ring (bicyclic) bond motifs is 2. The van der Waals surface area contributed by atoms with Gasteiger partial charge in [-0.3, -0.25) is 14.6 Å². The molecule has 0 aliphatic heterocycles. The Bertz CT molecular complexity index is 1010. The fourth-order valence-corrected chi connectivity index (χ4v) is 3.29. The third-order valence-corrected chi connectivity index (χ3v) is 4.54. The molecule has 31 heavy (non-hydrogen) atoms. The molecule has 0 bridgehead atoms. The molecule has 3 rings (SSSR count). The van der Waals surface area contributed by atoms with Gasteiger partial charge in [-0.15, -0.1) is 0 Å². The van der Waals surface area contributed by atoms with Crippen LogP contribution in [0.1, 0.15) is 52.6 Å². The lowest BCUT2D eigenvalue weighted by Crippen LogP contribution is -2.35. The van der Waals surface area contributed by atoms with E-state index in [1.807, 2.05) is 0 Å². The van der Waals surface area contributed by atoms with Crippen molar-refractivity contribution < 1.29 is 19.1 Å². The third-order valence-electron chi connectivity index (χ3n) is 4.54. The Balaban J connectivity index is 1.83. The molecular weight excluding hydrogens is 398 g/mol. The molecule has 9 nitrogen and oxygen atoms in total. The van der Waals surface area contributed by atoms with Crippen molar-refractivity contribution in [2.75, 3.05) is 36.8 Å². The van der Waals surface area contributed by atoms with Gasteiger partial charge in [0, 0.05) is 55.5 Å². The smallest absolute Gasteiger partial charge is 0.407 e. The minimum Gasteiger partial charge on any atom is -0.444 e. The van der Waals surface area contributed by atoms with Crippen LogP contribution in [0.5, 0.6) is 0 Å². The van der Waals surface area contributed by atoms with Gasteiger partial charge in [-0.25, -0.2) is 4.79 Å². The number of aromatic nitrogens is 1. The van der Waals surface area contributed by atoms with Crippen LogP contribution >= 0.6 is 0 Å². The predicted molar refractivity (Wildman–Crippen MR) is 118 cm³/mol. The van der Waals surface area contributed by atoms with E-state index in [0.29, 0.717) is 47.7 Å². The first kappa shape index (κ1) is 22.2. The second-order valence-electron chi connectivity index (χ2n) is 8.06. The van der Waals surface area contributed by atoms with E-state index in [9.17, 15) is 14.4 Å². The molecule has 0 spiro atoms. The lowest BCUT2D eigenvalue weighted by atomic mass is 9.83. The van der Waals surface area contributed by atoms with Gasteiger partial charge < -0.3 is 26.4 Å². The number of ether oxygens (including phenoxy) is 1. The Morgan fingerprint density at radius 3 is 2.19 bits per heavy atom. The summed E-state index contributed by atoms with van der Waals surface area (Å²) in [6.07, 6.45) is 2.38. The first-order valence-corrected chi connectivity index (χ1v) is 10.1. The van der Waals surface area contributed by atoms with Crippen molar-refractivity contribution in [1.29, 1.82) is 0 Å². The van der Waals surface area contributed by atoms with E-state index in [2.05, 4.69) is 20.9 Å². The predicted octanol–water partition coefficient (Wildman–Crippen LogP) is 2.16. The average molecular weight is 425 g/mol. The SMILES string of the molecule is CC(C)(C)OC(=O)NCCNc1ccc(NCCN)c2c1C(=O)c1ccncc1C2=O. The number of carbonyl (C=O) groups is 3. The quantitative estimate of drug-likeness (QED) is 0.423.